The highest BCUT2D eigenvalue weighted by atomic mass is 19.1. The van der Waals surface area contributed by atoms with Crippen LogP contribution in [0.4, 0.5) is 4.39 Å². The predicted molar refractivity (Wildman–Crippen MR) is 88.9 cm³/mol. The highest BCUT2D eigenvalue weighted by Crippen LogP contribution is 2.20. The number of aromatic nitrogens is 2. The molecule has 0 atom stereocenters. The van der Waals surface area contributed by atoms with Crippen LogP contribution in [-0.2, 0) is 0 Å². The van der Waals surface area contributed by atoms with Gasteiger partial charge in [-0.05, 0) is 46.7 Å². The average molecular weight is 288 g/mol. The maximum Gasteiger partial charge on any atom is 0.125 e. The molecule has 3 aromatic carbocycles. The lowest BCUT2D eigenvalue weighted by molar-refractivity contribution is 0.629. The molecule has 0 radical (unpaired) electrons. The summed E-state index contributed by atoms with van der Waals surface area (Å²) in [5.74, 6) is -0.263. The second-order valence-electron chi connectivity index (χ2n) is 5.24. The van der Waals surface area contributed by atoms with Crippen LogP contribution in [0, 0.1) is 5.82 Å². The summed E-state index contributed by atoms with van der Waals surface area (Å²) in [6.45, 7) is 0. The van der Waals surface area contributed by atoms with Gasteiger partial charge in [-0.1, -0.05) is 42.5 Å². The Hall–Kier alpha value is -2.94. The van der Waals surface area contributed by atoms with Gasteiger partial charge in [-0.3, -0.25) is 5.10 Å². The Bertz CT molecular complexity index is 999. The number of nitrogens with zero attached hydrogens (tertiary/aromatic N) is 1. The molecule has 0 aliphatic carbocycles. The molecule has 106 valence electrons. The fourth-order valence-corrected chi connectivity index (χ4v) is 2.63. The normalized spacial score (nSPS) is 11.7. The van der Waals surface area contributed by atoms with Gasteiger partial charge in [-0.2, -0.15) is 5.10 Å². The number of fused-ring (bicyclic) bond motifs is 2. The van der Waals surface area contributed by atoms with Crippen molar-refractivity contribution >= 4 is 33.8 Å². The smallest absolute Gasteiger partial charge is 0.125 e. The van der Waals surface area contributed by atoms with Crippen LogP contribution in [-0.4, -0.2) is 10.2 Å². The number of halogens is 1. The van der Waals surface area contributed by atoms with Gasteiger partial charge in [0, 0.05) is 5.39 Å². The van der Waals surface area contributed by atoms with Crippen LogP contribution in [0.2, 0.25) is 0 Å². The lowest BCUT2D eigenvalue weighted by Crippen LogP contribution is -1.77. The van der Waals surface area contributed by atoms with E-state index in [0.29, 0.717) is 5.52 Å². The quantitative estimate of drug-likeness (QED) is 0.551. The average Bonchev–Trinajstić information content (AvgIpc) is 2.95. The second-order valence-corrected chi connectivity index (χ2v) is 5.24. The minimum atomic E-state index is -0.263. The van der Waals surface area contributed by atoms with Gasteiger partial charge in [-0.15, -0.1) is 0 Å². The van der Waals surface area contributed by atoms with E-state index in [4.69, 9.17) is 0 Å². The van der Waals surface area contributed by atoms with E-state index in [9.17, 15) is 4.39 Å². The van der Waals surface area contributed by atoms with Crippen molar-refractivity contribution in [1.29, 1.82) is 0 Å². The van der Waals surface area contributed by atoms with E-state index in [1.807, 2.05) is 24.3 Å². The minimum absolute atomic E-state index is 0.263. The van der Waals surface area contributed by atoms with Crippen molar-refractivity contribution in [2.24, 2.45) is 0 Å². The van der Waals surface area contributed by atoms with E-state index in [2.05, 4.69) is 40.5 Å². The molecule has 3 heteroatoms. The summed E-state index contributed by atoms with van der Waals surface area (Å²) >= 11 is 0. The largest absolute Gasteiger partial charge is 0.277 e. The van der Waals surface area contributed by atoms with Gasteiger partial charge in [0.25, 0.3) is 0 Å². The maximum atomic E-state index is 13.2. The molecule has 0 aliphatic heterocycles. The molecule has 1 aromatic heterocycles. The molecule has 1 N–H and O–H groups in total. The van der Waals surface area contributed by atoms with Crippen molar-refractivity contribution in [3.05, 3.63) is 77.7 Å². The Labute approximate surface area is 126 Å². The molecule has 1 heterocycles. The number of H-pyrrole nitrogens is 1. The number of benzene rings is 3. The zero-order valence-corrected chi connectivity index (χ0v) is 11.8. The van der Waals surface area contributed by atoms with Gasteiger partial charge < -0.3 is 0 Å². The Morgan fingerprint density at radius 1 is 0.864 bits per heavy atom. The van der Waals surface area contributed by atoms with Crippen LogP contribution in [0.1, 0.15) is 11.3 Å². The van der Waals surface area contributed by atoms with Gasteiger partial charge >= 0.3 is 0 Å². The van der Waals surface area contributed by atoms with E-state index in [1.165, 1.54) is 22.9 Å². The number of nitrogens with one attached hydrogen (secondary N) is 1. The SMILES string of the molecule is Fc1ccc2c(/C=C/c3ccc4ccccc4c3)n[nH]c2c1. The molecule has 0 amide bonds. The number of rotatable bonds is 2. The zero-order valence-electron chi connectivity index (χ0n) is 11.8. The van der Waals surface area contributed by atoms with Gasteiger partial charge in [0.1, 0.15) is 5.82 Å². The van der Waals surface area contributed by atoms with Crippen molar-refractivity contribution in [1.82, 2.24) is 10.2 Å². The van der Waals surface area contributed by atoms with Crippen molar-refractivity contribution < 1.29 is 4.39 Å². The highest BCUT2D eigenvalue weighted by molar-refractivity contribution is 5.90. The van der Waals surface area contributed by atoms with Crippen LogP contribution in [0.25, 0.3) is 33.8 Å². The molecule has 0 spiro atoms. The molecule has 2 nitrogen and oxygen atoms in total. The summed E-state index contributed by atoms with van der Waals surface area (Å²) in [4.78, 5) is 0. The third-order valence-electron chi connectivity index (χ3n) is 3.76. The molecule has 0 saturated carbocycles. The number of aromatic amines is 1. The summed E-state index contributed by atoms with van der Waals surface area (Å²) in [7, 11) is 0. The van der Waals surface area contributed by atoms with Crippen molar-refractivity contribution in [3.8, 4) is 0 Å². The molecule has 0 bridgehead atoms. The molecule has 22 heavy (non-hydrogen) atoms. The van der Waals surface area contributed by atoms with Gasteiger partial charge in [0.15, 0.2) is 0 Å². The van der Waals surface area contributed by atoms with Crippen LogP contribution in [0.5, 0.6) is 0 Å². The Morgan fingerprint density at radius 3 is 2.64 bits per heavy atom. The van der Waals surface area contributed by atoms with Crippen LogP contribution < -0.4 is 0 Å². The van der Waals surface area contributed by atoms with E-state index in [-0.39, 0.29) is 5.82 Å². The lowest BCUT2D eigenvalue weighted by Gasteiger charge is -1.99. The first-order chi connectivity index (χ1) is 10.8. The summed E-state index contributed by atoms with van der Waals surface area (Å²) in [5, 5.41) is 10.4. The third kappa shape index (κ3) is 2.27. The van der Waals surface area contributed by atoms with Gasteiger partial charge in [0.05, 0.1) is 11.2 Å². The molecule has 4 aromatic rings. The molecule has 0 aliphatic rings. The molecular formula is C19H13FN2. The maximum absolute atomic E-state index is 13.2. The first-order valence-electron chi connectivity index (χ1n) is 7.10. The number of hydrogen-bond donors (Lipinski definition) is 1. The first kappa shape index (κ1) is 12.8. The third-order valence-corrected chi connectivity index (χ3v) is 3.76. The minimum Gasteiger partial charge on any atom is -0.277 e. The Kier molecular flexibility index (Phi) is 2.97. The van der Waals surface area contributed by atoms with E-state index >= 15 is 0 Å². The van der Waals surface area contributed by atoms with E-state index in [1.54, 1.807) is 6.07 Å². The molecule has 0 saturated heterocycles. The fourth-order valence-electron chi connectivity index (χ4n) is 2.63. The second kappa shape index (κ2) is 5.11. The van der Waals surface area contributed by atoms with Crippen molar-refractivity contribution in [2.45, 2.75) is 0 Å². The lowest BCUT2D eigenvalue weighted by atomic mass is 10.1. The fraction of sp³-hybridized carbons (Fsp3) is 0. The Morgan fingerprint density at radius 2 is 1.73 bits per heavy atom. The summed E-state index contributed by atoms with van der Waals surface area (Å²) in [6.07, 6.45) is 3.96. The van der Waals surface area contributed by atoms with Crippen LogP contribution in [0.15, 0.2) is 60.7 Å². The molecule has 4 rings (SSSR count). The molecule has 0 fully saturated rings. The predicted octanol–water partition coefficient (Wildman–Crippen LogP) is 5.03. The number of hydrogen-bond acceptors (Lipinski definition) is 1. The van der Waals surface area contributed by atoms with Gasteiger partial charge in [0.2, 0.25) is 0 Å². The summed E-state index contributed by atoms with van der Waals surface area (Å²) < 4.78 is 13.2. The summed E-state index contributed by atoms with van der Waals surface area (Å²) in [6, 6.07) is 19.2. The van der Waals surface area contributed by atoms with E-state index in [0.717, 1.165) is 16.6 Å². The zero-order chi connectivity index (χ0) is 14.9. The topological polar surface area (TPSA) is 28.7 Å². The highest BCUT2D eigenvalue weighted by Gasteiger charge is 2.03. The molecular weight excluding hydrogens is 275 g/mol. The van der Waals surface area contributed by atoms with Crippen molar-refractivity contribution in [2.75, 3.05) is 0 Å². The monoisotopic (exact) mass is 288 g/mol. The van der Waals surface area contributed by atoms with Crippen LogP contribution >= 0.6 is 0 Å². The van der Waals surface area contributed by atoms with E-state index < -0.39 is 0 Å². The van der Waals surface area contributed by atoms with Gasteiger partial charge in [-0.25, -0.2) is 4.39 Å². The van der Waals surface area contributed by atoms with Crippen LogP contribution in [0.3, 0.4) is 0 Å². The standard InChI is InChI=1S/C19H13FN2/c20-16-8-9-17-18(21-22-19(17)12-16)10-6-13-5-7-14-3-1-2-4-15(14)11-13/h1-12H,(H,21,22)/b10-6+. The Balaban J connectivity index is 1.72. The first-order valence-corrected chi connectivity index (χ1v) is 7.10. The molecule has 0 unspecified atom stereocenters. The summed E-state index contributed by atoms with van der Waals surface area (Å²) in [5.41, 5.74) is 2.62. The van der Waals surface area contributed by atoms with Crippen molar-refractivity contribution in [3.63, 3.8) is 0 Å².